The van der Waals surface area contributed by atoms with Gasteiger partial charge in [0.2, 0.25) is 5.89 Å². The molecule has 0 aliphatic rings. The van der Waals surface area contributed by atoms with E-state index in [0.29, 0.717) is 35.2 Å². The Kier molecular flexibility index (Phi) is 2.40. The predicted molar refractivity (Wildman–Crippen MR) is 67.0 cm³/mol. The van der Waals surface area contributed by atoms with Crippen molar-refractivity contribution in [3.8, 4) is 0 Å². The van der Waals surface area contributed by atoms with Gasteiger partial charge in [0.05, 0.1) is 18.4 Å². The molecular weight excluding hydrogens is 232 g/mol. The van der Waals surface area contributed by atoms with Crippen LogP contribution < -0.4 is 11.1 Å². The van der Waals surface area contributed by atoms with Crippen LogP contribution >= 0.6 is 0 Å². The number of para-hydroxylation sites is 1. The largest absolute Gasteiger partial charge is 0.444 e. The molecule has 6 heteroatoms. The zero-order valence-electron chi connectivity index (χ0n) is 9.80. The quantitative estimate of drug-likeness (QED) is 0.687. The van der Waals surface area contributed by atoms with Crippen LogP contribution in [0, 0.1) is 6.92 Å². The van der Waals surface area contributed by atoms with E-state index in [1.54, 1.807) is 12.3 Å². The minimum Gasteiger partial charge on any atom is -0.444 e. The summed E-state index contributed by atoms with van der Waals surface area (Å²) < 4.78 is 10.8. The van der Waals surface area contributed by atoms with E-state index in [1.165, 1.54) is 0 Å². The summed E-state index contributed by atoms with van der Waals surface area (Å²) in [5.41, 5.74) is 7.70. The number of nitrogen functional groups attached to an aromatic ring is 1. The second-order valence-electron chi connectivity index (χ2n) is 3.93. The number of benzene rings is 1. The average Bonchev–Trinajstić information content (AvgIpc) is 2.93. The number of nitrogens with two attached hydrogens (primary N) is 1. The molecule has 0 bridgehead atoms. The molecule has 2 heterocycles. The number of hydrogen-bond acceptors (Lipinski definition) is 6. The molecule has 0 spiro atoms. The molecule has 0 aliphatic heterocycles. The smallest absolute Gasteiger partial charge is 0.296 e. The average molecular weight is 244 g/mol. The van der Waals surface area contributed by atoms with Gasteiger partial charge >= 0.3 is 0 Å². The van der Waals surface area contributed by atoms with E-state index in [-0.39, 0.29) is 0 Å². The van der Waals surface area contributed by atoms with E-state index in [9.17, 15) is 0 Å². The highest BCUT2D eigenvalue weighted by Gasteiger charge is 2.08. The lowest BCUT2D eigenvalue weighted by atomic mass is 10.3. The molecule has 1 aromatic carbocycles. The van der Waals surface area contributed by atoms with Crippen LogP contribution in [-0.2, 0) is 6.54 Å². The lowest BCUT2D eigenvalue weighted by Crippen LogP contribution is -1.99. The van der Waals surface area contributed by atoms with Crippen LogP contribution in [0.1, 0.15) is 11.7 Å². The molecule has 3 rings (SSSR count). The van der Waals surface area contributed by atoms with Crippen molar-refractivity contribution in [1.82, 2.24) is 9.97 Å². The van der Waals surface area contributed by atoms with E-state index in [2.05, 4.69) is 15.3 Å². The number of hydrogen-bond donors (Lipinski definition) is 2. The second kappa shape index (κ2) is 4.06. The van der Waals surface area contributed by atoms with E-state index < -0.39 is 0 Å². The zero-order valence-corrected chi connectivity index (χ0v) is 9.80. The molecule has 0 fully saturated rings. The second-order valence-corrected chi connectivity index (χ2v) is 3.93. The fraction of sp³-hybridized carbons (Fsp3) is 0.167. The monoisotopic (exact) mass is 244 g/mol. The van der Waals surface area contributed by atoms with Crippen LogP contribution in [0.15, 0.2) is 33.2 Å². The van der Waals surface area contributed by atoms with E-state index >= 15 is 0 Å². The molecule has 3 N–H and O–H groups in total. The molecule has 0 radical (unpaired) electrons. The van der Waals surface area contributed by atoms with Crippen molar-refractivity contribution in [2.75, 3.05) is 11.1 Å². The number of aryl methyl sites for hydroxylation is 1. The van der Waals surface area contributed by atoms with Crippen molar-refractivity contribution >= 4 is 22.8 Å². The minimum absolute atomic E-state index is 0.402. The lowest BCUT2D eigenvalue weighted by molar-refractivity contribution is 0.475. The van der Waals surface area contributed by atoms with Crippen LogP contribution in [0.3, 0.4) is 0 Å². The van der Waals surface area contributed by atoms with E-state index in [4.69, 9.17) is 14.6 Å². The zero-order chi connectivity index (χ0) is 12.5. The van der Waals surface area contributed by atoms with Gasteiger partial charge in [0.15, 0.2) is 5.58 Å². The van der Waals surface area contributed by atoms with Gasteiger partial charge in [0.25, 0.3) is 6.01 Å². The van der Waals surface area contributed by atoms with Gasteiger partial charge in [0.1, 0.15) is 11.3 Å². The highest BCUT2D eigenvalue weighted by atomic mass is 16.4. The highest BCUT2D eigenvalue weighted by molar-refractivity contribution is 5.86. The number of rotatable bonds is 3. The molecule has 0 unspecified atom stereocenters. The van der Waals surface area contributed by atoms with Gasteiger partial charge in [-0.1, -0.05) is 6.07 Å². The van der Waals surface area contributed by atoms with Gasteiger partial charge in [-0.3, -0.25) is 0 Å². The van der Waals surface area contributed by atoms with Gasteiger partial charge in [-0.2, -0.15) is 4.98 Å². The normalized spacial score (nSPS) is 10.9. The first kappa shape index (κ1) is 10.6. The predicted octanol–water partition coefficient (Wildman–Crippen LogP) is 2.32. The fourth-order valence-electron chi connectivity index (χ4n) is 1.68. The summed E-state index contributed by atoms with van der Waals surface area (Å²) in [6, 6.07) is 5.83. The third-order valence-corrected chi connectivity index (χ3v) is 2.51. The summed E-state index contributed by atoms with van der Waals surface area (Å²) in [7, 11) is 0. The molecule has 0 saturated carbocycles. The molecular formula is C12H12N4O2. The van der Waals surface area contributed by atoms with Crippen LogP contribution in [0.5, 0.6) is 0 Å². The number of nitrogens with one attached hydrogen (secondary N) is 1. The topological polar surface area (TPSA) is 90.1 Å². The number of oxazole rings is 2. The Morgan fingerprint density at radius 2 is 2.22 bits per heavy atom. The number of aromatic nitrogens is 2. The lowest BCUT2D eigenvalue weighted by Gasteiger charge is -1.95. The summed E-state index contributed by atoms with van der Waals surface area (Å²) in [4.78, 5) is 8.34. The van der Waals surface area contributed by atoms with Gasteiger partial charge in [0, 0.05) is 0 Å². The molecule has 2 aromatic heterocycles. The molecule has 0 saturated heterocycles. The summed E-state index contributed by atoms with van der Waals surface area (Å²) in [6.07, 6.45) is 1.67. The maximum absolute atomic E-state index is 5.80. The fourth-order valence-corrected chi connectivity index (χ4v) is 1.68. The van der Waals surface area contributed by atoms with Crippen molar-refractivity contribution < 1.29 is 8.83 Å². The summed E-state index contributed by atoms with van der Waals surface area (Å²) in [5, 5.41) is 3.00. The minimum atomic E-state index is 0.402. The molecule has 0 aliphatic carbocycles. The third-order valence-electron chi connectivity index (χ3n) is 2.51. The number of anilines is 2. The van der Waals surface area contributed by atoms with Crippen LogP contribution in [-0.4, -0.2) is 9.97 Å². The number of fused-ring (bicyclic) bond motifs is 1. The van der Waals surface area contributed by atoms with Crippen LogP contribution in [0.2, 0.25) is 0 Å². The maximum Gasteiger partial charge on any atom is 0.296 e. The Morgan fingerprint density at radius 3 is 2.94 bits per heavy atom. The Bertz CT molecular complexity index is 686. The van der Waals surface area contributed by atoms with Crippen molar-refractivity contribution in [2.24, 2.45) is 0 Å². The molecule has 18 heavy (non-hydrogen) atoms. The summed E-state index contributed by atoms with van der Waals surface area (Å²) in [5.74, 6) is 1.36. The Balaban J connectivity index is 1.81. The highest BCUT2D eigenvalue weighted by Crippen LogP contribution is 2.23. The van der Waals surface area contributed by atoms with Gasteiger partial charge in [-0.05, 0) is 19.1 Å². The van der Waals surface area contributed by atoms with Gasteiger partial charge < -0.3 is 19.9 Å². The molecule has 3 aromatic rings. The Morgan fingerprint density at radius 1 is 1.33 bits per heavy atom. The third kappa shape index (κ3) is 1.88. The first-order chi connectivity index (χ1) is 8.72. The van der Waals surface area contributed by atoms with Crippen molar-refractivity contribution in [3.63, 3.8) is 0 Å². The van der Waals surface area contributed by atoms with Crippen molar-refractivity contribution in [1.29, 1.82) is 0 Å². The van der Waals surface area contributed by atoms with Gasteiger partial charge in [-0.25, -0.2) is 4.98 Å². The first-order valence-electron chi connectivity index (χ1n) is 5.52. The van der Waals surface area contributed by atoms with Crippen LogP contribution in [0.4, 0.5) is 11.7 Å². The summed E-state index contributed by atoms with van der Waals surface area (Å²) in [6.45, 7) is 2.26. The first-order valence-corrected chi connectivity index (χ1v) is 5.52. The molecule has 0 amide bonds. The van der Waals surface area contributed by atoms with Crippen LogP contribution in [0.25, 0.3) is 11.1 Å². The Labute approximate surface area is 103 Å². The molecule has 6 nitrogen and oxygen atoms in total. The van der Waals surface area contributed by atoms with Gasteiger partial charge in [-0.15, -0.1) is 0 Å². The Hall–Kier alpha value is -2.50. The van der Waals surface area contributed by atoms with E-state index in [1.807, 2.05) is 19.1 Å². The maximum atomic E-state index is 5.80. The van der Waals surface area contributed by atoms with E-state index in [0.717, 1.165) is 5.76 Å². The molecule has 92 valence electrons. The SMILES string of the molecule is Cc1cnc(CNc2nc3c(N)cccc3o2)o1. The standard InChI is InChI=1S/C12H12N4O2/c1-7-5-14-10(17-7)6-15-12-16-11-8(13)3-2-4-9(11)18-12/h2-5H,6,13H2,1H3,(H,15,16). The number of nitrogens with zero attached hydrogens (tertiary/aromatic N) is 2. The van der Waals surface area contributed by atoms with Crippen molar-refractivity contribution in [3.05, 3.63) is 36.0 Å². The molecule has 0 atom stereocenters. The summed E-state index contributed by atoms with van der Waals surface area (Å²) >= 11 is 0. The van der Waals surface area contributed by atoms with Crippen molar-refractivity contribution in [2.45, 2.75) is 13.5 Å².